The van der Waals surface area contributed by atoms with E-state index < -0.39 is 0 Å². The van der Waals surface area contributed by atoms with Crippen LogP contribution in [0, 0.1) is 0 Å². The number of hydrogen-bond donors (Lipinski definition) is 0. The molecule has 0 aliphatic rings. The third-order valence-electron chi connectivity index (χ3n) is 14.1. The van der Waals surface area contributed by atoms with Crippen LogP contribution in [0.1, 0.15) is 0 Å². The Bertz CT molecular complexity index is 4620. The molecule has 0 amide bonds. The summed E-state index contributed by atoms with van der Waals surface area (Å²) in [6.45, 7) is 0. The Hall–Kier alpha value is -9.39. The maximum absolute atomic E-state index is 6.87. The number of para-hydroxylation sites is 4. The number of rotatable bonds is 5. The highest BCUT2D eigenvalue weighted by atomic mass is 16.3. The normalized spacial score (nSPS) is 12.1. The summed E-state index contributed by atoms with van der Waals surface area (Å²) in [4.78, 5) is 16.6. The zero-order valence-electron chi connectivity index (χ0n) is 37.0. The third-order valence-corrected chi connectivity index (χ3v) is 14.1. The first-order valence-corrected chi connectivity index (χ1v) is 23.3. The van der Waals surface area contributed by atoms with E-state index in [1.807, 2.05) is 0 Å². The summed E-state index contributed by atoms with van der Waals surface area (Å²) in [5.74, 6) is 1.72. The minimum Gasteiger partial charge on any atom is -0.456 e. The van der Waals surface area contributed by atoms with E-state index >= 15 is 0 Å². The first-order chi connectivity index (χ1) is 34.2. The maximum Gasteiger partial charge on any atom is 0.166 e. The second kappa shape index (κ2) is 14.6. The average molecular weight is 880 g/mol. The van der Waals surface area contributed by atoms with E-state index in [0.717, 1.165) is 115 Å². The lowest BCUT2D eigenvalue weighted by Crippen LogP contribution is -2.05. The molecule has 0 aliphatic heterocycles. The summed E-state index contributed by atoms with van der Waals surface area (Å²) in [6.07, 6.45) is 0. The Morgan fingerprint density at radius 3 is 1.64 bits per heavy atom. The molecule has 4 aromatic heterocycles. The van der Waals surface area contributed by atoms with Gasteiger partial charge in [0.1, 0.15) is 11.2 Å². The van der Waals surface area contributed by atoms with E-state index in [2.05, 4.69) is 234 Å². The quantitative estimate of drug-likeness (QED) is 0.173. The maximum atomic E-state index is 6.87. The van der Waals surface area contributed by atoms with Crippen molar-refractivity contribution in [1.29, 1.82) is 0 Å². The molecule has 11 aromatic carbocycles. The van der Waals surface area contributed by atoms with E-state index in [0.29, 0.717) is 17.5 Å². The molecule has 0 unspecified atom stereocenters. The molecule has 0 saturated heterocycles. The van der Waals surface area contributed by atoms with Gasteiger partial charge in [-0.05, 0) is 105 Å². The predicted octanol–water partition coefficient (Wildman–Crippen LogP) is 16.4. The Kier molecular flexibility index (Phi) is 7.97. The van der Waals surface area contributed by atoms with Crippen molar-refractivity contribution in [2.24, 2.45) is 0 Å². The van der Waals surface area contributed by atoms with Crippen LogP contribution in [-0.4, -0.2) is 24.1 Å². The van der Waals surface area contributed by atoms with Gasteiger partial charge in [-0.2, -0.15) is 0 Å². The van der Waals surface area contributed by atoms with Crippen molar-refractivity contribution < 1.29 is 4.42 Å². The van der Waals surface area contributed by atoms with Gasteiger partial charge in [-0.15, -0.1) is 0 Å². The molecule has 6 heteroatoms. The molecule has 15 rings (SSSR count). The summed E-state index contributed by atoms with van der Waals surface area (Å²) in [5, 5.41) is 13.5. The number of fused-ring (bicyclic) bond motifs is 12. The molecule has 0 radical (unpaired) electrons. The number of aromatic nitrogens is 5. The van der Waals surface area contributed by atoms with E-state index in [9.17, 15) is 0 Å². The molecule has 0 atom stereocenters. The standard InChI is InChI=1S/C63H37N5O/c1-2-21-45(22-3-1)67-53-27-12-10-23-46(53)48-25-14-26-49(59(48)67)62-64-61(44-30-29-38-15-4-5-16-39(38)33-44)65-63(66-62)50-31-32-56-58(52-35-41-18-7-9-20-43(41)37-57(52)69-56)60(50)68-54-28-13-11-24-47(54)51-34-40-17-6-8-19-42(40)36-55(51)68/h1-37H. The van der Waals surface area contributed by atoms with Crippen molar-refractivity contribution in [2.75, 3.05) is 0 Å². The molecule has 69 heavy (non-hydrogen) atoms. The second-order valence-electron chi connectivity index (χ2n) is 18.0. The van der Waals surface area contributed by atoms with Crippen LogP contribution in [0.5, 0.6) is 0 Å². The summed E-state index contributed by atoms with van der Waals surface area (Å²) in [5.41, 5.74) is 10.6. The van der Waals surface area contributed by atoms with Gasteiger partial charge >= 0.3 is 0 Å². The Morgan fingerprint density at radius 1 is 0.319 bits per heavy atom. The smallest absolute Gasteiger partial charge is 0.166 e. The third kappa shape index (κ3) is 5.69. The molecule has 4 heterocycles. The van der Waals surface area contributed by atoms with Gasteiger partial charge < -0.3 is 13.6 Å². The molecule has 6 nitrogen and oxygen atoms in total. The Balaban J connectivity index is 1.10. The fraction of sp³-hybridized carbons (Fsp3) is 0. The van der Waals surface area contributed by atoms with Gasteiger partial charge in [0.05, 0.1) is 33.1 Å². The minimum atomic E-state index is 0.557. The van der Waals surface area contributed by atoms with Crippen LogP contribution in [-0.2, 0) is 0 Å². The van der Waals surface area contributed by atoms with Crippen LogP contribution in [0.3, 0.4) is 0 Å². The zero-order valence-corrected chi connectivity index (χ0v) is 37.0. The SMILES string of the molecule is c1ccc(-n2c3ccccc3c3cccc(-c4nc(-c5ccc6ccccc6c5)nc(-c5ccc6oc7cc8ccccc8cc7c6c5-n5c6ccccc6c6cc7ccccc7cc65)n4)c32)cc1. The highest BCUT2D eigenvalue weighted by Crippen LogP contribution is 2.45. The van der Waals surface area contributed by atoms with Crippen molar-refractivity contribution in [3.05, 3.63) is 224 Å². The predicted molar refractivity (Wildman–Crippen MR) is 285 cm³/mol. The number of benzene rings is 11. The summed E-state index contributed by atoms with van der Waals surface area (Å²) in [6, 6.07) is 79.7. The van der Waals surface area contributed by atoms with Crippen molar-refractivity contribution >= 4 is 97.9 Å². The van der Waals surface area contributed by atoms with Gasteiger partial charge in [0.25, 0.3) is 0 Å². The van der Waals surface area contributed by atoms with Crippen LogP contribution >= 0.6 is 0 Å². The molecule has 15 aromatic rings. The summed E-state index contributed by atoms with van der Waals surface area (Å²) < 4.78 is 11.6. The van der Waals surface area contributed by atoms with Gasteiger partial charge in [0, 0.05) is 49.3 Å². The second-order valence-corrected chi connectivity index (χ2v) is 18.0. The first-order valence-electron chi connectivity index (χ1n) is 23.3. The van der Waals surface area contributed by atoms with Gasteiger partial charge in [0.2, 0.25) is 0 Å². The van der Waals surface area contributed by atoms with Crippen molar-refractivity contribution in [3.8, 4) is 45.5 Å². The lowest BCUT2D eigenvalue weighted by molar-refractivity contribution is 0.669. The van der Waals surface area contributed by atoms with Crippen LogP contribution < -0.4 is 0 Å². The Labute approximate surface area is 394 Å². The Morgan fingerprint density at radius 2 is 0.884 bits per heavy atom. The van der Waals surface area contributed by atoms with Gasteiger partial charge in [-0.25, -0.2) is 15.0 Å². The van der Waals surface area contributed by atoms with Gasteiger partial charge in [-0.1, -0.05) is 152 Å². The summed E-state index contributed by atoms with van der Waals surface area (Å²) in [7, 11) is 0. The minimum absolute atomic E-state index is 0.557. The monoisotopic (exact) mass is 879 g/mol. The highest BCUT2D eigenvalue weighted by Gasteiger charge is 2.26. The van der Waals surface area contributed by atoms with Gasteiger partial charge in [-0.3, -0.25) is 0 Å². The van der Waals surface area contributed by atoms with Crippen LogP contribution in [0.15, 0.2) is 229 Å². The molecular formula is C63H37N5O. The summed E-state index contributed by atoms with van der Waals surface area (Å²) >= 11 is 0. The molecule has 0 N–H and O–H groups in total. The van der Waals surface area contributed by atoms with Crippen LogP contribution in [0.2, 0.25) is 0 Å². The average Bonchev–Trinajstić information content (AvgIpc) is 4.06. The van der Waals surface area contributed by atoms with Crippen molar-refractivity contribution in [2.45, 2.75) is 0 Å². The highest BCUT2D eigenvalue weighted by molar-refractivity contribution is 6.20. The molecule has 0 fully saturated rings. The van der Waals surface area contributed by atoms with Crippen LogP contribution in [0.4, 0.5) is 0 Å². The molecule has 0 saturated carbocycles. The van der Waals surface area contributed by atoms with Gasteiger partial charge in [0.15, 0.2) is 17.5 Å². The largest absolute Gasteiger partial charge is 0.456 e. The topological polar surface area (TPSA) is 61.7 Å². The van der Waals surface area contributed by atoms with Crippen molar-refractivity contribution in [1.82, 2.24) is 24.1 Å². The molecular weight excluding hydrogens is 843 g/mol. The van der Waals surface area contributed by atoms with Crippen LogP contribution in [0.25, 0.3) is 143 Å². The molecule has 0 aliphatic carbocycles. The van der Waals surface area contributed by atoms with E-state index in [-0.39, 0.29) is 0 Å². The number of furan rings is 1. The van der Waals surface area contributed by atoms with E-state index in [1.54, 1.807) is 0 Å². The van der Waals surface area contributed by atoms with E-state index in [1.165, 1.54) is 10.8 Å². The number of nitrogens with zero attached hydrogens (tertiary/aromatic N) is 5. The molecule has 320 valence electrons. The molecule has 0 bridgehead atoms. The lowest BCUT2D eigenvalue weighted by Gasteiger charge is -2.17. The zero-order chi connectivity index (χ0) is 45.2. The molecule has 0 spiro atoms. The first kappa shape index (κ1) is 37.8. The fourth-order valence-electron chi connectivity index (χ4n) is 11.0. The lowest BCUT2D eigenvalue weighted by atomic mass is 10.0. The van der Waals surface area contributed by atoms with Crippen molar-refractivity contribution in [3.63, 3.8) is 0 Å². The fourth-order valence-corrected chi connectivity index (χ4v) is 11.0. The van der Waals surface area contributed by atoms with E-state index in [4.69, 9.17) is 19.4 Å². The number of hydrogen-bond acceptors (Lipinski definition) is 4.